The van der Waals surface area contributed by atoms with Crippen molar-refractivity contribution in [1.82, 2.24) is 5.01 Å². The van der Waals surface area contributed by atoms with Gasteiger partial charge in [-0.1, -0.05) is 43.3 Å². The van der Waals surface area contributed by atoms with Crippen LogP contribution in [-0.2, 0) is 21.2 Å². The number of amidine groups is 2. The average molecular weight is 469 g/mol. The zero-order chi connectivity index (χ0) is 22.9. The predicted molar refractivity (Wildman–Crippen MR) is 126 cm³/mol. The Kier molecular flexibility index (Phi) is 5.98. The summed E-state index contributed by atoms with van der Waals surface area (Å²) in [6.45, 7) is 3.98. The third-order valence-electron chi connectivity index (χ3n) is 4.93. The molecule has 0 atom stereocenters. The molecule has 0 unspecified atom stereocenters. The summed E-state index contributed by atoms with van der Waals surface area (Å²) in [5.74, 6) is -0.272. The maximum absolute atomic E-state index is 12.5. The van der Waals surface area contributed by atoms with Crippen molar-refractivity contribution in [2.45, 2.75) is 20.5 Å². The molecule has 2 aliphatic heterocycles. The first-order chi connectivity index (χ1) is 15.3. The van der Waals surface area contributed by atoms with E-state index < -0.39 is 15.7 Å². The average Bonchev–Trinajstić information content (AvgIpc) is 3.22. The summed E-state index contributed by atoms with van der Waals surface area (Å²) in [6, 6.07) is 15.1. The predicted octanol–water partition coefficient (Wildman–Crippen LogP) is 3.59. The second-order valence-corrected chi connectivity index (χ2v) is 10.5. The molecule has 10 heteroatoms. The Morgan fingerprint density at radius 2 is 1.88 bits per heavy atom. The van der Waals surface area contributed by atoms with E-state index in [1.807, 2.05) is 31.2 Å². The molecular formula is C22H20N4O4S2. The Hall–Kier alpha value is -3.24. The fourth-order valence-electron chi connectivity index (χ4n) is 2.98. The zero-order valence-corrected chi connectivity index (χ0v) is 19.0. The first-order valence-electron chi connectivity index (χ1n) is 9.79. The van der Waals surface area contributed by atoms with Gasteiger partial charge in [0.05, 0.1) is 11.3 Å². The Morgan fingerprint density at radius 3 is 2.56 bits per heavy atom. The first kappa shape index (κ1) is 22.0. The Bertz CT molecular complexity index is 1300. The lowest BCUT2D eigenvalue weighted by Crippen LogP contribution is -2.35. The molecule has 0 radical (unpaired) electrons. The van der Waals surface area contributed by atoms with Crippen LogP contribution in [0.1, 0.15) is 23.6 Å². The Morgan fingerprint density at radius 1 is 1.16 bits per heavy atom. The first-order valence-corrected chi connectivity index (χ1v) is 12.3. The lowest BCUT2D eigenvalue weighted by molar-refractivity contribution is -0.114. The highest BCUT2D eigenvalue weighted by Gasteiger charge is 2.39. The minimum Gasteiger partial charge on any atom is -0.489 e. The van der Waals surface area contributed by atoms with E-state index in [0.29, 0.717) is 17.9 Å². The van der Waals surface area contributed by atoms with E-state index in [0.717, 1.165) is 27.9 Å². The van der Waals surface area contributed by atoms with E-state index in [1.165, 1.54) is 13.0 Å². The van der Waals surface area contributed by atoms with Gasteiger partial charge in [0.25, 0.3) is 5.91 Å². The van der Waals surface area contributed by atoms with Crippen LogP contribution in [0.5, 0.6) is 5.75 Å². The van der Waals surface area contributed by atoms with Crippen LogP contribution in [0.3, 0.4) is 0 Å². The molecule has 0 saturated carbocycles. The van der Waals surface area contributed by atoms with Gasteiger partial charge < -0.3 is 4.74 Å². The van der Waals surface area contributed by atoms with Crippen molar-refractivity contribution in [2.75, 3.05) is 5.75 Å². The van der Waals surface area contributed by atoms with Gasteiger partial charge >= 0.3 is 0 Å². The number of aliphatic imine (C=N–C) groups is 1. The van der Waals surface area contributed by atoms with Crippen LogP contribution in [0.4, 0.5) is 0 Å². The number of amides is 1. The molecule has 1 N–H and O–H groups in total. The van der Waals surface area contributed by atoms with Crippen LogP contribution >= 0.6 is 11.8 Å². The van der Waals surface area contributed by atoms with E-state index in [9.17, 15) is 13.2 Å². The summed E-state index contributed by atoms with van der Waals surface area (Å²) in [5, 5.41) is 13.5. The number of aryl methyl sites for hydroxylation is 1. The molecule has 0 spiro atoms. The molecule has 0 aromatic heterocycles. The van der Waals surface area contributed by atoms with Gasteiger partial charge in [0, 0.05) is 0 Å². The van der Waals surface area contributed by atoms with E-state index in [1.54, 1.807) is 24.3 Å². The molecule has 8 nitrogen and oxygen atoms in total. The number of benzene rings is 2. The number of carbonyl (C=O) groups excluding carboxylic acids is 1. The van der Waals surface area contributed by atoms with Gasteiger partial charge in [-0.25, -0.2) is 8.42 Å². The Balaban J connectivity index is 1.51. The van der Waals surface area contributed by atoms with Crippen molar-refractivity contribution in [3.05, 3.63) is 70.8 Å². The van der Waals surface area contributed by atoms with E-state index in [-0.39, 0.29) is 26.7 Å². The second-order valence-electron chi connectivity index (χ2n) is 7.07. The summed E-state index contributed by atoms with van der Waals surface area (Å²) < 4.78 is 29.8. The molecule has 4 rings (SSSR count). The number of nitrogens with one attached hydrogen (secondary N) is 1. The zero-order valence-electron chi connectivity index (χ0n) is 17.4. The smallest absolute Gasteiger partial charge is 0.283 e. The number of rotatable bonds is 5. The number of hydrogen-bond donors (Lipinski definition) is 1. The van der Waals surface area contributed by atoms with Gasteiger partial charge in [0.2, 0.25) is 19.4 Å². The molecule has 2 aromatic carbocycles. The van der Waals surface area contributed by atoms with Gasteiger partial charge in [0.1, 0.15) is 12.4 Å². The maximum atomic E-state index is 12.5. The van der Waals surface area contributed by atoms with Gasteiger partial charge in [-0.05, 0) is 53.6 Å². The summed E-state index contributed by atoms with van der Waals surface area (Å²) in [4.78, 5) is 16.4. The highest BCUT2D eigenvalue weighted by molar-refractivity contribution is 8.42. The molecule has 164 valence electrons. The summed E-state index contributed by atoms with van der Waals surface area (Å²) in [7, 11) is -3.56. The highest BCUT2D eigenvalue weighted by Crippen LogP contribution is 2.30. The van der Waals surface area contributed by atoms with Crippen LogP contribution < -0.4 is 4.74 Å². The van der Waals surface area contributed by atoms with Gasteiger partial charge in [-0.3, -0.25) is 10.2 Å². The van der Waals surface area contributed by atoms with E-state index in [4.69, 9.17) is 10.1 Å². The molecule has 0 fully saturated rings. The molecular weight excluding hydrogens is 448 g/mol. The largest absolute Gasteiger partial charge is 0.489 e. The van der Waals surface area contributed by atoms with Gasteiger partial charge in [0.15, 0.2) is 5.84 Å². The van der Waals surface area contributed by atoms with Crippen LogP contribution in [-0.4, -0.2) is 40.5 Å². The molecule has 2 heterocycles. The lowest BCUT2D eigenvalue weighted by atomic mass is 10.1. The van der Waals surface area contributed by atoms with Gasteiger partial charge in [-0.2, -0.15) is 10.0 Å². The number of hydrogen-bond acceptors (Lipinski definition) is 7. The molecule has 0 aliphatic carbocycles. The fourth-order valence-corrected chi connectivity index (χ4v) is 5.15. The quantitative estimate of drug-likeness (QED) is 0.671. The fraction of sp³-hybridized carbons (Fsp3) is 0.182. The number of ether oxygens (including phenoxy) is 1. The minimum absolute atomic E-state index is 0.0295. The normalized spacial score (nSPS) is 17.3. The molecule has 2 aliphatic rings. The van der Waals surface area contributed by atoms with Crippen molar-refractivity contribution in [3.8, 4) is 5.75 Å². The van der Waals surface area contributed by atoms with Crippen LogP contribution in [0.25, 0.3) is 6.08 Å². The summed E-state index contributed by atoms with van der Waals surface area (Å²) in [6.07, 6.45) is 1.53. The number of carbonyl (C=O) groups is 1. The maximum Gasteiger partial charge on any atom is 0.283 e. The molecule has 2 aromatic rings. The second kappa shape index (κ2) is 8.71. The SMILES string of the molecule is CCS(=O)(=O)C1=NN2C(=N)/C(=C\c3ccc(OCc4ccccc4C)cc3)C(=O)N=C2S1. The van der Waals surface area contributed by atoms with E-state index in [2.05, 4.69) is 10.1 Å². The molecule has 32 heavy (non-hydrogen) atoms. The van der Waals surface area contributed by atoms with Crippen molar-refractivity contribution in [3.63, 3.8) is 0 Å². The molecule has 1 amide bonds. The standard InChI is InChI=1S/C22H20N4O4S2/c1-3-32(28,29)22-25-26-19(23)18(20(27)24-21(26)31-22)12-15-8-10-17(11-9-15)30-13-16-7-5-4-6-14(16)2/h4-12,23H,3,13H2,1-2H3/b18-12+,23-19?. The number of nitrogens with zero attached hydrogens (tertiary/aromatic N) is 3. The number of sulfone groups is 1. The minimum atomic E-state index is -3.56. The highest BCUT2D eigenvalue weighted by atomic mass is 32.3. The van der Waals surface area contributed by atoms with Gasteiger partial charge in [-0.15, -0.1) is 5.10 Å². The summed E-state index contributed by atoms with van der Waals surface area (Å²) in [5.41, 5.74) is 2.96. The third kappa shape index (κ3) is 4.37. The van der Waals surface area contributed by atoms with Crippen LogP contribution in [0.15, 0.2) is 64.2 Å². The monoisotopic (exact) mass is 468 g/mol. The number of hydrazone groups is 1. The molecule has 0 bridgehead atoms. The van der Waals surface area contributed by atoms with E-state index >= 15 is 0 Å². The topological polar surface area (TPSA) is 112 Å². The number of fused-ring (bicyclic) bond motifs is 1. The van der Waals surface area contributed by atoms with Crippen molar-refractivity contribution >= 4 is 49.0 Å². The summed E-state index contributed by atoms with van der Waals surface area (Å²) >= 11 is 0.781. The molecule has 0 saturated heterocycles. The Labute approximate surface area is 190 Å². The van der Waals surface area contributed by atoms with Crippen LogP contribution in [0.2, 0.25) is 0 Å². The lowest BCUT2D eigenvalue weighted by Gasteiger charge is -2.20. The van der Waals surface area contributed by atoms with Crippen molar-refractivity contribution in [2.24, 2.45) is 10.1 Å². The number of thioether (sulfide) groups is 1. The van der Waals surface area contributed by atoms with Crippen molar-refractivity contribution in [1.29, 1.82) is 5.41 Å². The van der Waals surface area contributed by atoms with Crippen LogP contribution in [0, 0.1) is 12.3 Å². The van der Waals surface area contributed by atoms with Crippen molar-refractivity contribution < 1.29 is 17.9 Å². The third-order valence-corrected chi connectivity index (χ3v) is 8.02.